The van der Waals surface area contributed by atoms with Gasteiger partial charge in [0.25, 0.3) is 0 Å². The molecule has 2 unspecified atom stereocenters. The molecule has 3 nitrogen and oxygen atoms in total. The molecule has 2 heterocycles. The number of nitrogens with one attached hydrogen (secondary N) is 1. The first-order chi connectivity index (χ1) is 8.65. The topological polar surface area (TPSA) is 47.3 Å². The Hall–Kier alpha value is -0.420. The molecule has 0 aliphatic carbocycles. The van der Waals surface area contributed by atoms with Crippen molar-refractivity contribution in [2.75, 3.05) is 13.2 Å². The molecular formula is C14H24N2OS. The molecule has 2 rings (SSSR count). The van der Waals surface area contributed by atoms with Crippen LogP contribution in [0, 0.1) is 5.92 Å². The maximum Gasteiger partial charge on any atom is 0.0616 e. The van der Waals surface area contributed by atoms with Crippen molar-refractivity contribution in [3.63, 3.8) is 0 Å². The van der Waals surface area contributed by atoms with Gasteiger partial charge in [0.15, 0.2) is 0 Å². The molecule has 0 saturated carbocycles. The van der Waals surface area contributed by atoms with E-state index in [-0.39, 0.29) is 5.54 Å². The minimum Gasteiger partial charge on any atom is -0.378 e. The lowest BCUT2D eigenvalue weighted by Crippen LogP contribution is -2.56. The van der Waals surface area contributed by atoms with E-state index in [9.17, 15) is 0 Å². The summed E-state index contributed by atoms with van der Waals surface area (Å²) in [6.45, 7) is 6.86. The van der Waals surface area contributed by atoms with Gasteiger partial charge in [0.1, 0.15) is 0 Å². The fourth-order valence-electron chi connectivity index (χ4n) is 2.49. The van der Waals surface area contributed by atoms with Crippen LogP contribution in [-0.4, -0.2) is 24.8 Å². The van der Waals surface area contributed by atoms with Crippen molar-refractivity contribution in [3.05, 3.63) is 22.4 Å². The summed E-state index contributed by atoms with van der Waals surface area (Å²) in [6, 6.07) is 4.26. The third kappa shape index (κ3) is 3.32. The third-order valence-corrected chi connectivity index (χ3v) is 4.73. The van der Waals surface area contributed by atoms with Crippen LogP contribution < -0.4 is 11.1 Å². The van der Waals surface area contributed by atoms with Crippen molar-refractivity contribution < 1.29 is 4.74 Å². The first-order valence-corrected chi connectivity index (χ1v) is 7.62. The number of thiophene rings is 1. The predicted octanol–water partition coefficient (Wildman–Crippen LogP) is 2.37. The summed E-state index contributed by atoms with van der Waals surface area (Å²) >= 11 is 1.79. The SMILES string of the molecule is CC(C)C1CC(CN)(NCc2cccs2)CCO1. The Morgan fingerprint density at radius 1 is 1.61 bits per heavy atom. The van der Waals surface area contributed by atoms with E-state index in [1.807, 2.05) is 0 Å². The normalized spacial score (nSPS) is 28.8. The van der Waals surface area contributed by atoms with Crippen LogP contribution in [-0.2, 0) is 11.3 Å². The summed E-state index contributed by atoms with van der Waals surface area (Å²) in [7, 11) is 0. The molecule has 0 spiro atoms. The van der Waals surface area contributed by atoms with Gasteiger partial charge in [-0.25, -0.2) is 0 Å². The number of hydrogen-bond donors (Lipinski definition) is 2. The van der Waals surface area contributed by atoms with Gasteiger partial charge >= 0.3 is 0 Å². The summed E-state index contributed by atoms with van der Waals surface area (Å²) < 4.78 is 5.84. The molecule has 3 N–H and O–H groups in total. The van der Waals surface area contributed by atoms with E-state index in [0.29, 0.717) is 18.6 Å². The number of nitrogens with two attached hydrogens (primary N) is 1. The quantitative estimate of drug-likeness (QED) is 0.862. The Labute approximate surface area is 114 Å². The second-order valence-corrected chi connectivity index (χ2v) is 6.56. The molecule has 2 atom stereocenters. The molecule has 0 amide bonds. The first kappa shape index (κ1) is 14.0. The molecule has 0 aromatic carbocycles. The van der Waals surface area contributed by atoms with Crippen molar-refractivity contribution in [2.24, 2.45) is 11.7 Å². The summed E-state index contributed by atoms with van der Waals surface area (Å²) in [5, 5.41) is 5.80. The highest BCUT2D eigenvalue weighted by Gasteiger charge is 2.36. The van der Waals surface area contributed by atoms with Crippen LogP contribution in [0.4, 0.5) is 0 Å². The molecule has 1 aromatic heterocycles. The highest BCUT2D eigenvalue weighted by molar-refractivity contribution is 7.09. The fraction of sp³-hybridized carbons (Fsp3) is 0.714. The van der Waals surface area contributed by atoms with E-state index in [0.717, 1.165) is 26.0 Å². The zero-order valence-electron chi connectivity index (χ0n) is 11.3. The first-order valence-electron chi connectivity index (χ1n) is 6.74. The van der Waals surface area contributed by atoms with E-state index in [1.165, 1.54) is 4.88 Å². The van der Waals surface area contributed by atoms with Crippen molar-refractivity contribution in [2.45, 2.75) is 44.9 Å². The molecule has 18 heavy (non-hydrogen) atoms. The van der Waals surface area contributed by atoms with Gasteiger partial charge in [-0.3, -0.25) is 0 Å². The van der Waals surface area contributed by atoms with E-state index in [2.05, 4.69) is 36.7 Å². The van der Waals surface area contributed by atoms with E-state index in [1.54, 1.807) is 11.3 Å². The summed E-state index contributed by atoms with van der Waals surface area (Å²) in [4.78, 5) is 1.37. The molecule has 1 saturated heterocycles. The molecule has 4 heteroatoms. The minimum atomic E-state index is 0.0528. The molecule has 0 radical (unpaired) electrons. The number of rotatable bonds is 5. The lowest BCUT2D eigenvalue weighted by atomic mass is 9.83. The van der Waals surface area contributed by atoms with Crippen molar-refractivity contribution in [1.82, 2.24) is 5.32 Å². The van der Waals surface area contributed by atoms with Crippen molar-refractivity contribution >= 4 is 11.3 Å². The highest BCUT2D eigenvalue weighted by atomic mass is 32.1. The predicted molar refractivity (Wildman–Crippen MR) is 76.8 cm³/mol. The Bertz CT molecular complexity index is 353. The lowest BCUT2D eigenvalue weighted by Gasteiger charge is -2.42. The van der Waals surface area contributed by atoms with Crippen molar-refractivity contribution in [3.8, 4) is 0 Å². The Morgan fingerprint density at radius 3 is 3.06 bits per heavy atom. The van der Waals surface area contributed by atoms with Crippen LogP contribution in [0.1, 0.15) is 31.6 Å². The highest BCUT2D eigenvalue weighted by Crippen LogP contribution is 2.28. The maximum absolute atomic E-state index is 6.03. The van der Waals surface area contributed by atoms with Crippen LogP contribution >= 0.6 is 11.3 Å². The zero-order chi connectivity index (χ0) is 13.0. The average molecular weight is 268 g/mol. The van der Waals surface area contributed by atoms with Gasteiger partial charge in [0.2, 0.25) is 0 Å². The Balaban J connectivity index is 1.96. The molecule has 0 bridgehead atoms. The molecular weight excluding hydrogens is 244 g/mol. The van der Waals surface area contributed by atoms with Crippen LogP contribution in [0.5, 0.6) is 0 Å². The Morgan fingerprint density at radius 2 is 2.44 bits per heavy atom. The summed E-state index contributed by atoms with van der Waals surface area (Å²) in [5.41, 5.74) is 6.08. The van der Waals surface area contributed by atoms with Gasteiger partial charge in [-0.05, 0) is 30.2 Å². The smallest absolute Gasteiger partial charge is 0.0616 e. The number of hydrogen-bond acceptors (Lipinski definition) is 4. The van der Waals surface area contributed by atoms with Gasteiger partial charge < -0.3 is 15.8 Å². The van der Waals surface area contributed by atoms with Gasteiger partial charge in [0, 0.05) is 30.1 Å². The van der Waals surface area contributed by atoms with E-state index >= 15 is 0 Å². The van der Waals surface area contributed by atoms with Crippen LogP contribution in [0.3, 0.4) is 0 Å². The zero-order valence-corrected chi connectivity index (χ0v) is 12.1. The summed E-state index contributed by atoms with van der Waals surface area (Å²) in [5.74, 6) is 0.555. The number of ether oxygens (including phenoxy) is 1. The molecule has 1 aromatic rings. The van der Waals surface area contributed by atoms with E-state index in [4.69, 9.17) is 10.5 Å². The summed E-state index contributed by atoms with van der Waals surface area (Å²) in [6.07, 6.45) is 2.36. The standard InChI is InChI=1S/C14H24N2OS/c1-11(2)13-8-14(10-15,5-6-17-13)16-9-12-4-3-7-18-12/h3-4,7,11,13,16H,5-6,8-10,15H2,1-2H3. The maximum atomic E-state index is 6.03. The third-order valence-electron chi connectivity index (χ3n) is 3.86. The fourth-order valence-corrected chi connectivity index (χ4v) is 3.13. The molecule has 102 valence electrons. The monoisotopic (exact) mass is 268 g/mol. The second kappa shape index (κ2) is 6.15. The minimum absolute atomic E-state index is 0.0528. The van der Waals surface area contributed by atoms with Crippen LogP contribution in [0.15, 0.2) is 17.5 Å². The van der Waals surface area contributed by atoms with Gasteiger partial charge in [-0.2, -0.15) is 0 Å². The van der Waals surface area contributed by atoms with Gasteiger partial charge in [-0.15, -0.1) is 11.3 Å². The largest absolute Gasteiger partial charge is 0.378 e. The lowest BCUT2D eigenvalue weighted by molar-refractivity contribution is -0.0497. The van der Waals surface area contributed by atoms with Gasteiger partial charge in [0.05, 0.1) is 6.10 Å². The average Bonchev–Trinajstić information content (AvgIpc) is 2.90. The van der Waals surface area contributed by atoms with E-state index < -0.39 is 0 Å². The van der Waals surface area contributed by atoms with Crippen molar-refractivity contribution in [1.29, 1.82) is 0 Å². The van der Waals surface area contributed by atoms with Gasteiger partial charge in [-0.1, -0.05) is 19.9 Å². The Kier molecular flexibility index (Phi) is 4.78. The van der Waals surface area contributed by atoms with Crippen LogP contribution in [0.2, 0.25) is 0 Å². The van der Waals surface area contributed by atoms with Crippen LogP contribution in [0.25, 0.3) is 0 Å². The molecule has 1 aliphatic rings. The molecule has 1 fully saturated rings. The molecule has 1 aliphatic heterocycles. The second-order valence-electron chi connectivity index (χ2n) is 5.52.